The molecule has 0 spiro atoms. The Hall–Kier alpha value is -0.980. The lowest BCUT2D eigenvalue weighted by molar-refractivity contribution is -0.122. The predicted octanol–water partition coefficient (Wildman–Crippen LogP) is 1.80. The molecule has 2 rings (SSSR count). The van der Waals surface area contributed by atoms with E-state index in [2.05, 4.69) is 10.6 Å². The third kappa shape index (κ3) is 5.56. The van der Waals surface area contributed by atoms with Gasteiger partial charge in [-0.15, -0.1) is 24.2 Å². The molecule has 0 bridgehead atoms. The van der Waals surface area contributed by atoms with Crippen LogP contribution < -0.4 is 15.4 Å². The van der Waals surface area contributed by atoms with Crippen molar-refractivity contribution in [1.29, 1.82) is 0 Å². The maximum atomic E-state index is 12.7. The molecule has 1 aliphatic heterocycles. The first-order chi connectivity index (χ1) is 9.25. The van der Waals surface area contributed by atoms with E-state index in [9.17, 15) is 9.18 Å². The van der Waals surface area contributed by atoms with Crippen molar-refractivity contribution >= 4 is 30.1 Å². The number of carbonyl (C=O) groups excluding carboxylic acids is 1. The lowest BCUT2D eigenvalue weighted by atomic mass is 10.3. The molecular formula is C13H18ClFN2O2S. The molecule has 112 valence electrons. The van der Waals surface area contributed by atoms with Gasteiger partial charge in [-0.1, -0.05) is 0 Å². The largest absolute Gasteiger partial charge is 0.494 e. The summed E-state index contributed by atoms with van der Waals surface area (Å²) in [6.45, 7) is 1.08. The van der Waals surface area contributed by atoms with Crippen molar-refractivity contribution < 1.29 is 13.9 Å². The fraction of sp³-hybridized carbons (Fsp3) is 0.462. The molecule has 1 fully saturated rings. The molecule has 1 unspecified atom stereocenters. The number of nitrogens with one attached hydrogen (secondary N) is 2. The van der Waals surface area contributed by atoms with Crippen molar-refractivity contribution in [2.45, 2.75) is 12.5 Å². The van der Waals surface area contributed by atoms with Crippen LogP contribution in [0.1, 0.15) is 6.42 Å². The first kappa shape index (κ1) is 17.1. The van der Waals surface area contributed by atoms with Crippen molar-refractivity contribution in [1.82, 2.24) is 10.6 Å². The summed E-state index contributed by atoms with van der Waals surface area (Å²) in [6, 6.07) is 5.84. The fourth-order valence-corrected chi connectivity index (χ4v) is 2.63. The van der Waals surface area contributed by atoms with E-state index in [1.807, 2.05) is 0 Å². The minimum atomic E-state index is -0.276. The van der Waals surface area contributed by atoms with Crippen LogP contribution in [0.3, 0.4) is 0 Å². The molecule has 1 saturated heterocycles. The Morgan fingerprint density at radius 2 is 2.20 bits per heavy atom. The monoisotopic (exact) mass is 320 g/mol. The van der Waals surface area contributed by atoms with Gasteiger partial charge in [0, 0.05) is 18.2 Å². The zero-order valence-electron chi connectivity index (χ0n) is 10.9. The number of amides is 1. The highest BCUT2D eigenvalue weighted by atomic mass is 35.5. The van der Waals surface area contributed by atoms with E-state index >= 15 is 0 Å². The SMILES string of the molecule is Cl.O=C(NCCCOc1ccc(F)cc1)C1CSCN1. The Balaban J connectivity index is 0.00000200. The maximum Gasteiger partial charge on any atom is 0.238 e. The number of benzene rings is 1. The van der Waals surface area contributed by atoms with Gasteiger partial charge < -0.3 is 10.1 Å². The molecule has 20 heavy (non-hydrogen) atoms. The minimum Gasteiger partial charge on any atom is -0.494 e. The number of hydrogen-bond donors (Lipinski definition) is 2. The number of hydrogen-bond acceptors (Lipinski definition) is 4. The van der Waals surface area contributed by atoms with Crippen LogP contribution in [0.5, 0.6) is 5.75 Å². The molecule has 1 heterocycles. The van der Waals surface area contributed by atoms with Gasteiger partial charge in [0.15, 0.2) is 0 Å². The van der Waals surface area contributed by atoms with Crippen LogP contribution in [0.25, 0.3) is 0 Å². The molecule has 2 N–H and O–H groups in total. The van der Waals surface area contributed by atoms with Crippen molar-refractivity contribution in [3.8, 4) is 5.75 Å². The van der Waals surface area contributed by atoms with E-state index in [1.165, 1.54) is 12.1 Å². The molecule has 7 heteroatoms. The highest BCUT2D eigenvalue weighted by molar-refractivity contribution is 7.99. The second kappa shape index (κ2) is 9.05. The van der Waals surface area contributed by atoms with E-state index in [4.69, 9.17) is 4.74 Å². The number of thioether (sulfide) groups is 1. The van der Waals surface area contributed by atoms with Crippen molar-refractivity contribution in [2.75, 3.05) is 24.8 Å². The maximum absolute atomic E-state index is 12.7. The number of carbonyl (C=O) groups is 1. The summed E-state index contributed by atoms with van der Waals surface area (Å²) in [5, 5.41) is 5.98. The summed E-state index contributed by atoms with van der Waals surface area (Å²) in [5.41, 5.74) is 0. The average Bonchev–Trinajstić information content (AvgIpc) is 2.94. The van der Waals surface area contributed by atoms with Crippen molar-refractivity contribution in [3.05, 3.63) is 30.1 Å². The summed E-state index contributed by atoms with van der Waals surface area (Å²) >= 11 is 1.73. The van der Waals surface area contributed by atoms with Crippen LogP contribution >= 0.6 is 24.2 Å². The van der Waals surface area contributed by atoms with Gasteiger partial charge in [0.05, 0.1) is 12.6 Å². The van der Waals surface area contributed by atoms with Crippen LogP contribution in [-0.2, 0) is 4.79 Å². The van der Waals surface area contributed by atoms with E-state index < -0.39 is 0 Å². The van der Waals surface area contributed by atoms with Gasteiger partial charge in [0.1, 0.15) is 11.6 Å². The summed E-state index contributed by atoms with van der Waals surface area (Å²) in [5.74, 6) is 2.08. The van der Waals surface area contributed by atoms with Gasteiger partial charge in [0.25, 0.3) is 0 Å². The fourth-order valence-electron chi connectivity index (χ4n) is 1.69. The molecule has 1 aromatic carbocycles. The third-order valence-electron chi connectivity index (χ3n) is 2.74. The quantitative estimate of drug-likeness (QED) is 0.785. The van der Waals surface area contributed by atoms with Crippen molar-refractivity contribution in [2.24, 2.45) is 0 Å². The Morgan fingerprint density at radius 1 is 1.45 bits per heavy atom. The van der Waals surface area contributed by atoms with Crippen LogP contribution in [0.4, 0.5) is 4.39 Å². The summed E-state index contributed by atoms with van der Waals surface area (Å²) in [6.07, 6.45) is 0.725. The van der Waals surface area contributed by atoms with E-state index in [0.29, 0.717) is 18.9 Å². The van der Waals surface area contributed by atoms with Gasteiger partial charge in [-0.2, -0.15) is 0 Å². The number of halogens is 2. The molecule has 0 saturated carbocycles. The smallest absolute Gasteiger partial charge is 0.238 e. The predicted molar refractivity (Wildman–Crippen MR) is 81.0 cm³/mol. The Morgan fingerprint density at radius 3 is 2.85 bits per heavy atom. The first-order valence-corrected chi connectivity index (χ1v) is 7.38. The summed E-state index contributed by atoms with van der Waals surface area (Å²) in [4.78, 5) is 11.6. The molecule has 1 amide bonds. The second-order valence-corrected chi connectivity index (χ2v) is 5.25. The van der Waals surface area contributed by atoms with Gasteiger partial charge in [-0.05, 0) is 30.7 Å². The highest BCUT2D eigenvalue weighted by Crippen LogP contribution is 2.11. The zero-order valence-corrected chi connectivity index (χ0v) is 12.6. The third-order valence-corrected chi connectivity index (χ3v) is 3.68. The van der Waals surface area contributed by atoms with E-state index in [1.54, 1.807) is 23.9 Å². The Kier molecular flexibility index (Phi) is 7.72. The molecule has 0 aromatic heterocycles. The molecule has 1 aliphatic rings. The first-order valence-electron chi connectivity index (χ1n) is 6.23. The number of ether oxygens (including phenoxy) is 1. The normalized spacial score (nSPS) is 17.4. The molecule has 0 radical (unpaired) electrons. The number of rotatable bonds is 6. The zero-order chi connectivity index (χ0) is 13.5. The molecule has 1 atom stereocenters. The molecular weight excluding hydrogens is 303 g/mol. The topological polar surface area (TPSA) is 50.4 Å². The average molecular weight is 321 g/mol. The van der Waals surface area contributed by atoms with E-state index in [-0.39, 0.29) is 30.2 Å². The summed E-state index contributed by atoms with van der Waals surface area (Å²) < 4.78 is 18.1. The van der Waals surface area contributed by atoms with Gasteiger partial charge >= 0.3 is 0 Å². The standard InChI is InChI=1S/C13H17FN2O2S.ClH/c14-10-2-4-11(5-3-10)18-7-1-6-15-13(17)12-8-19-9-16-12;/h2-5,12,16H,1,6-9H2,(H,15,17);1H. The van der Waals surface area contributed by atoms with Gasteiger partial charge in [0.2, 0.25) is 5.91 Å². The van der Waals surface area contributed by atoms with Crippen LogP contribution in [-0.4, -0.2) is 36.7 Å². The van der Waals surface area contributed by atoms with Crippen LogP contribution in [0, 0.1) is 5.82 Å². The van der Waals surface area contributed by atoms with Crippen molar-refractivity contribution in [3.63, 3.8) is 0 Å². The Labute approximate surface area is 128 Å². The minimum absolute atomic E-state index is 0. The Bertz CT molecular complexity index is 413. The highest BCUT2D eigenvalue weighted by Gasteiger charge is 2.21. The van der Waals surface area contributed by atoms with Crippen LogP contribution in [0.15, 0.2) is 24.3 Å². The molecule has 4 nitrogen and oxygen atoms in total. The molecule has 0 aliphatic carbocycles. The van der Waals surface area contributed by atoms with Gasteiger partial charge in [-0.3, -0.25) is 10.1 Å². The van der Waals surface area contributed by atoms with Gasteiger partial charge in [-0.25, -0.2) is 4.39 Å². The lowest BCUT2D eigenvalue weighted by Crippen LogP contribution is -2.42. The summed E-state index contributed by atoms with van der Waals surface area (Å²) in [7, 11) is 0. The molecule has 1 aromatic rings. The second-order valence-electron chi connectivity index (χ2n) is 4.22. The lowest BCUT2D eigenvalue weighted by Gasteiger charge is -2.10. The van der Waals surface area contributed by atoms with Crippen LogP contribution in [0.2, 0.25) is 0 Å². The van der Waals surface area contributed by atoms with E-state index in [0.717, 1.165) is 18.1 Å².